The molecule has 9 heteroatoms. The number of halogens is 2. The molecule has 0 atom stereocenters. The van der Waals surface area contributed by atoms with Crippen molar-refractivity contribution in [3.05, 3.63) is 53.4 Å². The van der Waals surface area contributed by atoms with Crippen LogP contribution in [0.1, 0.15) is 43.4 Å². The monoisotopic (exact) mass is 456 g/mol. The highest BCUT2D eigenvalue weighted by molar-refractivity contribution is 7.92. The van der Waals surface area contributed by atoms with Crippen molar-refractivity contribution < 1.29 is 17.2 Å². The van der Waals surface area contributed by atoms with Crippen LogP contribution in [-0.4, -0.2) is 29.4 Å². The lowest BCUT2D eigenvalue weighted by atomic mass is 9.94. The molecule has 0 aliphatic heterocycles. The minimum absolute atomic E-state index is 0.149. The highest BCUT2D eigenvalue weighted by Gasteiger charge is 2.29. The van der Waals surface area contributed by atoms with Gasteiger partial charge in [-0.15, -0.1) is 0 Å². The first-order chi connectivity index (χ1) is 15.3. The van der Waals surface area contributed by atoms with E-state index in [1.807, 2.05) is 6.07 Å². The number of fused-ring (bicyclic) bond motifs is 3. The molecule has 2 N–H and O–H groups in total. The number of aromatic amines is 1. The van der Waals surface area contributed by atoms with Gasteiger partial charge in [-0.2, -0.15) is 5.10 Å². The first-order valence-electron chi connectivity index (χ1n) is 10.5. The normalized spacial score (nSPS) is 14.4. The Bertz CT molecular complexity index is 1480. The Labute approximate surface area is 184 Å². The van der Waals surface area contributed by atoms with E-state index in [0.717, 1.165) is 46.8 Å². The fourth-order valence-corrected chi connectivity index (χ4v) is 5.31. The number of nitrogens with zero attached hydrogens (tertiary/aromatic N) is 2. The van der Waals surface area contributed by atoms with Crippen molar-refractivity contribution in [3.63, 3.8) is 0 Å². The number of anilines is 1. The van der Waals surface area contributed by atoms with Gasteiger partial charge < -0.3 is 0 Å². The zero-order valence-electron chi connectivity index (χ0n) is 17.7. The molecule has 1 aliphatic carbocycles. The number of nitrogens with one attached hydrogen (secondary N) is 2. The van der Waals surface area contributed by atoms with Gasteiger partial charge in [0, 0.05) is 17.5 Å². The van der Waals surface area contributed by atoms with Gasteiger partial charge in [0.1, 0.15) is 5.82 Å². The Kier molecular flexibility index (Phi) is 4.88. The average molecular weight is 457 g/mol. The van der Waals surface area contributed by atoms with E-state index in [2.05, 4.69) is 19.9 Å². The molecule has 0 bridgehead atoms. The van der Waals surface area contributed by atoms with Gasteiger partial charge in [-0.1, -0.05) is 6.92 Å². The zero-order chi connectivity index (χ0) is 22.6. The molecular weight excluding hydrogens is 434 g/mol. The van der Waals surface area contributed by atoms with Gasteiger partial charge in [0.15, 0.2) is 11.5 Å². The predicted octanol–water partition coefficient (Wildman–Crippen LogP) is 5.39. The number of pyridine rings is 1. The number of rotatable bonds is 6. The van der Waals surface area contributed by atoms with E-state index in [1.165, 1.54) is 0 Å². The van der Waals surface area contributed by atoms with Gasteiger partial charge in [0.25, 0.3) is 0 Å². The van der Waals surface area contributed by atoms with Crippen LogP contribution in [0.4, 0.5) is 14.5 Å². The van der Waals surface area contributed by atoms with Gasteiger partial charge in [-0.05, 0) is 67.0 Å². The number of H-pyrrole nitrogens is 1. The molecule has 1 aliphatic rings. The van der Waals surface area contributed by atoms with Crippen molar-refractivity contribution in [1.82, 2.24) is 15.2 Å². The van der Waals surface area contributed by atoms with E-state index < -0.39 is 21.7 Å². The third-order valence-corrected chi connectivity index (χ3v) is 7.31. The van der Waals surface area contributed by atoms with Crippen LogP contribution < -0.4 is 4.72 Å². The summed E-state index contributed by atoms with van der Waals surface area (Å²) in [6, 6.07) is 5.78. The third kappa shape index (κ3) is 3.50. The quantitative estimate of drug-likeness (QED) is 0.407. The zero-order valence-corrected chi connectivity index (χ0v) is 18.5. The molecule has 0 amide bonds. The van der Waals surface area contributed by atoms with E-state index in [1.54, 1.807) is 26.1 Å². The number of sulfonamides is 1. The molecule has 6 nitrogen and oxygen atoms in total. The minimum atomic E-state index is -3.72. The fourth-order valence-electron chi connectivity index (χ4n) is 4.17. The second-order valence-electron chi connectivity index (χ2n) is 8.32. The largest absolute Gasteiger partial charge is 0.281 e. The molecular formula is C23H22F2N4O2S. The molecule has 4 aromatic rings. The number of aromatic nitrogens is 3. The van der Waals surface area contributed by atoms with Crippen LogP contribution in [0.5, 0.6) is 0 Å². The molecule has 1 saturated carbocycles. The van der Waals surface area contributed by atoms with E-state index in [4.69, 9.17) is 0 Å². The van der Waals surface area contributed by atoms with Crippen molar-refractivity contribution in [3.8, 4) is 11.1 Å². The summed E-state index contributed by atoms with van der Waals surface area (Å²) in [5.74, 6) is -1.44. The molecule has 2 aromatic carbocycles. The van der Waals surface area contributed by atoms with Gasteiger partial charge in [0.05, 0.1) is 28.1 Å². The summed E-state index contributed by atoms with van der Waals surface area (Å²) in [4.78, 5) is 4.44. The van der Waals surface area contributed by atoms with Gasteiger partial charge in [-0.25, -0.2) is 22.2 Å². The molecule has 2 heterocycles. The van der Waals surface area contributed by atoms with Crippen LogP contribution in [0.25, 0.3) is 32.9 Å². The topological polar surface area (TPSA) is 87.7 Å². The minimum Gasteiger partial charge on any atom is -0.281 e. The van der Waals surface area contributed by atoms with Crippen LogP contribution in [0.3, 0.4) is 0 Å². The van der Waals surface area contributed by atoms with Crippen molar-refractivity contribution in [2.75, 3.05) is 10.5 Å². The first-order valence-corrected chi connectivity index (χ1v) is 12.2. The Morgan fingerprint density at radius 3 is 2.72 bits per heavy atom. The molecule has 2 aromatic heterocycles. The van der Waals surface area contributed by atoms with Crippen LogP contribution in [-0.2, 0) is 10.0 Å². The highest BCUT2D eigenvalue weighted by atomic mass is 32.2. The van der Waals surface area contributed by atoms with Crippen LogP contribution in [0.15, 0.2) is 30.5 Å². The van der Waals surface area contributed by atoms with Gasteiger partial charge in [0.2, 0.25) is 10.0 Å². The molecule has 166 valence electrons. The van der Waals surface area contributed by atoms with Crippen molar-refractivity contribution >= 4 is 37.5 Å². The van der Waals surface area contributed by atoms with E-state index in [0.29, 0.717) is 29.1 Å². The van der Waals surface area contributed by atoms with Crippen molar-refractivity contribution in [1.29, 1.82) is 0 Å². The highest BCUT2D eigenvalue weighted by Crippen LogP contribution is 2.44. The van der Waals surface area contributed by atoms with Gasteiger partial charge in [-0.3, -0.25) is 9.82 Å². The molecule has 0 unspecified atom stereocenters. The fraction of sp³-hybridized carbons (Fsp3) is 0.304. The van der Waals surface area contributed by atoms with Crippen LogP contribution >= 0.6 is 0 Å². The summed E-state index contributed by atoms with van der Waals surface area (Å²) in [6.45, 7) is 3.49. The van der Waals surface area contributed by atoms with E-state index in [-0.39, 0.29) is 17.0 Å². The Balaban J connectivity index is 1.68. The standard InChI is InChI=1S/C23H22F2N4O2S/c1-3-8-32(30,31)29-18-7-6-17(24)19(21(18)25)15-10-14-11-26-23-20(16(14)9-12(15)2)22(27-28-23)13-4-5-13/h6-7,9-11,13,29H,3-5,8H2,1-2H3,(H,26,27,28). The molecule has 0 spiro atoms. The van der Waals surface area contributed by atoms with Crippen molar-refractivity contribution in [2.45, 2.75) is 39.0 Å². The Morgan fingerprint density at radius 2 is 2.00 bits per heavy atom. The smallest absolute Gasteiger partial charge is 0.232 e. The van der Waals surface area contributed by atoms with Crippen LogP contribution in [0, 0.1) is 18.6 Å². The predicted molar refractivity (Wildman–Crippen MR) is 121 cm³/mol. The number of aryl methyl sites for hydroxylation is 1. The van der Waals surface area contributed by atoms with E-state index >= 15 is 4.39 Å². The number of hydrogen-bond acceptors (Lipinski definition) is 4. The van der Waals surface area contributed by atoms with Gasteiger partial charge >= 0.3 is 0 Å². The first kappa shape index (κ1) is 20.8. The second-order valence-corrected chi connectivity index (χ2v) is 10.2. The summed E-state index contributed by atoms with van der Waals surface area (Å²) in [5.41, 5.74) is 2.15. The lowest BCUT2D eigenvalue weighted by Crippen LogP contribution is -2.17. The Hall–Kier alpha value is -3.07. The lowest BCUT2D eigenvalue weighted by molar-refractivity contribution is 0.587. The molecule has 0 saturated heterocycles. The summed E-state index contributed by atoms with van der Waals surface area (Å²) in [5, 5.41) is 10.0. The van der Waals surface area contributed by atoms with Crippen molar-refractivity contribution in [2.24, 2.45) is 0 Å². The maximum atomic E-state index is 15.4. The van der Waals surface area contributed by atoms with Crippen LogP contribution in [0.2, 0.25) is 0 Å². The second kappa shape index (κ2) is 7.51. The molecule has 0 radical (unpaired) electrons. The maximum absolute atomic E-state index is 15.4. The molecule has 1 fully saturated rings. The summed E-state index contributed by atoms with van der Waals surface area (Å²) >= 11 is 0. The molecule has 5 rings (SSSR count). The Morgan fingerprint density at radius 1 is 1.22 bits per heavy atom. The maximum Gasteiger partial charge on any atom is 0.232 e. The average Bonchev–Trinajstić information content (AvgIpc) is 3.49. The number of hydrogen-bond donors (Lipinski definition) is 2. The summed E-state index contributed by atoms with van der Waals surface area (Å²) in [7, 11) is -3.72. The summed E-state index contributed by atoms with van der Waals surface area (Å²) in [6.07, 6.45) is 4.21. The number of benzene rings is 2. The SMILES string of the molecule is CCCS(=O)(=O)Nc1ccc(F)c(-c2cc3cnc4[nH]nc(C5CC5)c4c3cc2C)c1F. The van der Waals surface area contributed by atoms with E-state index in [9.17, 15) is 12.8 Å². The third-order valence-electron chi connectivity index (χ3n) is 5.84. The lowest BCUT2D eigenvalue weighted by Gasteiger charge is -2.15. The molecule has 32 heavy (non-hydrogen) atoms. The summed E-state index contributed by atoms with van der Waals surface area (Å²) < 4.78 is 56.7.